The van der Waals surface area contributed by atoms with Gasteiger partial charge in [-0.15, -0.1) is 0 Å². The van der Waals surface area contributed by atoms with Crippen LogP contribution in [-0.2, 0) is 11.0 Å². The van der Waals surface area contributed by atoms with E-state index in [4.69, 9.17) is 5.11 Å². The predicted molar refractivity (Wildman–Crippen MR) is 49.4 cm³/mol. The molecule has 5 nitrogen and oxygen atoms in total. The molecule has 1 amide bonds. The monoisotopic (exact) mass is 250 g/mol. The summed E-state index contributed by atoms with van der Waals surface area (Å²) in [4.78, 5) is 13.7. The highest BCUT2D eigenvalue weighted by Gasteiger charge is 2.38. The Morgan fingerprint density at radius 2 is 2.00 bits per heavy atom. The summed E-state index contributed by atoms with van der Waals surface area (Å²) in [7, 11) is 0. The lowest BCUT2D eigenvalue weighted by atomic mass is 10.0. The van der Waals surface area contributed by atoms with Crippen molar-refractivity contribution < 1.29 is 28.2 Å². The number of pyridine rings is 1. The van der Waals surface area contributed by atoms with Gasteiger partial charge >= 0.3 is 6.18 Å². The fourth-order valence-corrected chi connectivity index (χ4v) is 1.22. The van der Waals surface area contributed by atoms with E-state index in [9.17, 15) is 23.1 Å². The molecule has 0 aliphatic heterocycles. The van der Waals surface area contributed by atoms with Crippen molar-refractivity contribution in [3.63, 3.8) is 0 Å². The first kappa shape index (κ1) is 13.4. The molecule has 0 fully saturated rings. The summed E-state index contributed by atoms with van der Waals surface area (Å²) >= 11 is 0. The summed E-state index contributed by atoms with van der Waals surface area (Å²) in [5.41, 5.74) is 2.61. The maximum atomic E-state index is 12.5. The molecule has 1 heterocycles. The minimum absolute atomic E-state index is 0.702. The zero-order valence-corrected chi connectivity index (χ0v) is 8.35. The van der Waals surface area contributed by atoms with E-state index >= 15 is 0 Å². The van der Waals surface area contributed by atoms with Crippen molar-refractivity contribution in [2.75, 3.05) is 0 Å². The van der Waals surface area contributed by atoms with Crippen LogP contribution >= 0.6 is 0 Å². The number of aliphatic hydroxyl groups is 2. The maximum Gasteiger partial charge on any atom is 0.433 e. The molecule has 17 heavy (non-hydrogen) atoms. The van der Waals surface area contributed by atoms with E-state index in [1.165, 1.54) is 0 Å². The molecule has 0 saturated heterocycles. The second-order valence-electron chi connectivity index (χ2n) is 3.23. The smallest absolute Gasteiger partial charge is 0.385 e. The number of carbonyl (C=O) groups excluding carboxylic acids is 1. The van der Waals surface area contributed by atoms with Crippen LogP contribution in [0.1, 0.15) is 17.4 Å². The number of alkyl halides is 3. The third-order valence-electron chi connectivity index (χ3n) is 2.02. The van der Waals surface area contributed by atoms with Crippen molar-refractivity contribution in [3.8, 4) is 0 Å². The molecule has 0 aliphatic carbocycles. The zero-order chi connectivity index (χ0) is 13.2. The first-order chi connectivity index (χ1) is 7.75. The lowest BCUT2D eigenvalue weighted by Gasteiger charge is -2.18. The Balaban J connectivity index is 3.18. The van der Waals surface area contributed by atoms with E-state index in [1.807, 2.05) is 0 Å². The topological polar surface area (TPSA) is 96.4 Å². The molecule has 0 aromatic carbocycles. The highest BCUT2D eigenvalue weighted by atomic mass is 19.4. The minimum Gasteiger partial charge on any atom is -0.385 e. The van der Waals surface area contributed by atoms with Gasteiger partial charge < -0.3 is 15.9 Å². The van der Waals surface area contributed by atoms with Crippen molar-refractivity contribution in [1.82, 2.24) is 4.98 Å². The summed E-state index contributed by atoms with van der Waals surface area (Å²) in [5.74, 6) is -1.32. The van der Waals surface area contributed by atoms with Crippen LogP contribution in [0.4, 0.5) is 13.2 Å². The number of rotatable bonds is 3. The average molecular weight is 250 g/mol. The van der Waals surface area contributed by atoms with E-state index in [-0.39, 0.29) is 0 Å². The molecule has 2 atom stereocenters. The van der Waals surface area contributed by atoms with Gasteiger partial charge in [-0.25, -0.2) is 0 Å². The second kappa shape index (κ2) is 4.68. The number of primary amides is 1. The summed E-state index contributed by atoms with van der Waals surface area (Å²) in [6.07, 6.45) is -8.11. The largest absolute Gasteiger partial charge is 0.433 e. The number of nitrogens with two attached hydrogens (primary N) is 1. The van der Waals surface area contributed by atoms with Crippen LogP contribution in [0, 0.1) is 0 Å². The van der Waals surface area contributed by atoms with Crippen LogP contribution in [0.2, 0.25) is 0 Å². The van der Waals surface area contributed by atoms with Crippen LogP contribution < -0.4 is 5.73 Å². The minimum atomic E-state index is -4.80. The number of nitrogens with zero attached hydrogens (tertiary/aromatic N) is 1. The Bertz CT molecular complexity index is 422. The molecule has 0 spiro atoms. The second-order valence-corrected chi connectivity index (χ2v) is 3.23. The molecule has 1 aromatic heterocycles. The van der Waals surface area contributed by atoms with Crippen molar-refractivity contribution in [3.05, 3.63) is 29.6 Å². The Labute approximate surface area is 93.7 Å². The number of halogens is 3. The van der Waals surface area contributed by atoms with E-state index in [0.29, 0.717) is 0 Å². The molecule has 0 bridgehead atoms. The van der Waals surface area contributed by atoms with Gasteiger partial charge in [0, 0.05) is 11.8 Å². The van der Waals surface area contributed by atoms with Crippen LogP contribution in [-0.4, -0.2) is 27.2 Å². The van der Waals surface area contributed by atoms with Gasteiger partial charge in [0.2, 0.25) is 5.91 Å². The predicted octanol–water partition coefficient (Wildman–Crippen LogP) is -0.0200. The molecular formula is C9H9F3N2O3. The summed E-state index contributed by atoms with van der Waals surface area (Å²) in [5, 5.41) is 18.5. The van der Waals surface area contributed by atoms with E-state index in [0.717, 1.165) is 18.3 Å². The van der Waals surface area contributed by atoms with Gasteiger partial charge in [-0.2, -0.15) is 13.2 Å². The molecular weight excluding hydrogens is 241 g/mol. The molecule has 4 N–H and O–H groups in total. The normalized spacial score (nSPS) is 15.4. The lowest BCUT2D eigenvalue weighted by molar-refractivity contribution is -0.145. The number of hydrogen-bond acceptors (Lipinski definition) is 4. The lowest BCUT2D eigenvalue weighted by Crippen LogP contribution is -2.35. The summed E-state index contributed by atoms with van der Waals surface area (Å²) < 4.78 is 37.5. The number of aromatic nitrogens is 1. The van der Waals surface area contributed by atoms with Crippen molar-refractivity contribution in [1.29, 1.82) is 0 Å². The van der Waals surface area contributed by atoms with Gasteiger partial charge in [-0.1, -0.05) is 6.07 Å². The average Bonchev–Trinajstić information content (AvgIpc) is 2.25. The van der Waals surface area contributed by atoms with Gasteiger partial charge in [0.15, 0.2) is 6.10 Å². The van der Waals surface area contributed by atoms with Gasteiger partial charge in [0.05, 0.1) is 0 Å². The Morgan fingerprint density at radius 1 is 1.41 bits per heavy atom. The highest BCUT2D eigenvalue weighted by Crippen LogP contribution is 2.33. The summed E-state index contributed by atoms with van der Waals surface area (Å²) in [6, 6.07) is 2.05. The Hall–Kier alpha value is -1.67. The maximum absolute atomic E-state index is 12.5. The molecule has 0 aliphatic rings. The van der Waals surface area contributed by atoms with Crippen molar-refractivity contribution >= 4 is 5.91 Å². The van der Waals surface area contributed by atoms with Crippen LogP contribution in [0.25, 0.3) is 0 Å². The van der Waals surface area contributed by atoms with Crippen LogP contribution in [0.3, 0.4) is 0 Å². The number of hydrogen-bond donors (Lipinski definition) is 3. The third kappa shape index (κ3) is 2.92. The number of aliphatic hydroxyl groups excluding tert-OH is 2. The number of carbonyl (C=O) groups is 1. The molecule has 2 unspecified atom stereocenters. The van der Waals surface area contributed by atoms with E-state index < -0.39 is 35.5 Å². The van der Waals surface area contributed by atoms with Crippen molar-refractivity contribution in [2.45, 2.75) is 18.4 Å². The summed E-state index contributed by atoms with van der Waals surface area (Å²) in [6.45, 7) is 0. The molecule has 0 saturated carbocycles. The fourth-order valence-electron chi connectivity index (χ4n) is 1.22. The Kier molecular flexibility index (Phi) is 3.69. The molecule has 1 aromatic rings. The fraction of sp³-hybridized carbons (Fsp3) is 0.333. The standard InChI is InChI=1S/C9H9F3N2O3/c10-9(11,12)7-4(2-1-3-14-7)5(15)6(16)8(13)17/h1-3,5-6,15-16H,(H2,13,17). The van der Waals surface area contributed by atoms with Crippen LogP contribution in [0.15, 0.2) is 18.3 Å². The van der Waals surface area contributed by atoms with Crippen molar-refractivity contribution in [2.24, 2.45) is 5.73 Å². The Morgan fingerprint density at radius 3 is 2.47 bits per heavy atom. The first-order valence-electron chi connectivity index (χ1n) is 4.42. The molecule has 8 heteroatoms. The molecule has 1 rings (SSSR count). The third-order valence-corrected chi connectivity index (χ3v) is 2.02. The van der Waals surface area contributed by atoms with Gasteiger partial charge in [0.1, 0.15) is 11.8 Å². The highest BCUT2D eigenvalue weighted by molar-refractivity contribution is 5.79. The first-order valence-corrected chi connectivity index (χ1v) is 4.42. The quantitative estimate of drug-likeness (QED) is 0.702. The SMILES string of the molecule is NC(=O)C(O)C(O)c1cccnc1C(F)(F)F. The number of amides is 1. The van der Waals surface area contributed by atoms with Gasteiger partial charge in [0.25, 0.3) is 0 Å². The molecule has 94 valence electrons. The van der Waals surface area contributed by atoms with E-state index in [2.05, 4.69) is 10.7 Å². The molecule has 0 radical (unpaired) electrons. The zero-order valence-electron chi connectivity index (χ0n) is 8.35. The van der Waals surface area contributed by atoms with E-state index in [1.54, 1.807) is 0 Å². The van der Waals surface area contributed by atoms with Gasteiger partial charge in [-0.3, -0.25) is 9.78 Å². The van der Waals surface area contributed by atoms with Gasteiger partial charge in [-0.05, 0) is 6.07 Å². The van der Waals surface area contributed by atoms with Crippen LogP contribution in [0.5, 0.6) is 0 Å².